The fraction of sp³-hybridized carbons (Fsp3) is 0.300. The quantitative estimate of drug-likeness (QED) is 0.863. The van der Waals surface area contributed by atoms with Gasteiger partial charge in [-0.25, -0.2) is 0 Å². The van der Waals surface area contributed by atoms with E-state index in [0.29, 0.717) is 6.04 Å². The summed E-state index contributed by atoms with van der Waals surface area (Å²) in [4.78, 5) is 6.81. The van der Waals surface area contributed by atoms with Crippen molar-refractivity contribution in [3.63, 3.8) is 0 Å². The fourth-order valence-electron chi connectivity index (χ4n) is 1.38. The van der Waals surface area contributed by atoms with Gasteiger partial charge < -0.3 is 5.32 Å². The first-order valence-corrected chi connectivity index (χ1v) is 6.24. The highest BCUT2D eigenvalue weighted by molar-refractivity contribution is 7.10. The van der Waals surface area contributed by atoms with Gasteiger partial charge in [-0.3, -0.25) is 4.98 Å². The zero-order valence-corrected chi connectivity index (χ0v) is 9.57. The van der Waals surface area contributed by atoms with Crippen molar-refractivity contribution >= 4 is 22.7 Å². The van der Waals surface area contributed by atoms with Gasteiger partial charge in [0, 0.05) is 28.4 Å². The molecule has 4 heteroatoms. The lowest BCUT2D eigenvalue weighted by molar-refractivity contribution is 0.606. The number of hydrogen-bond acceptors (Lipinski definition) is 4. The number of rotatable bonds is 4. The lowest BCUT2D eigenvalue weighted by Gasteiger charge is -2.12. The maximum absolute atomic E-state index is 4.08. The van der Waals surface area contributed by atoms with Crippen LogP contribution in [0.25, 0.3) is 0 Å². The van der Waals surface area contributed by atoms with Crippen LogP contribution in [-0.4, -0.2) is 12.0 Å². The number of hydrogen-bond donors (Lipinski definition) is 1. The van der Waals surface area contributed by atoms with Crippen LogP contribution < -0.4 is 5.32 Å². The van der Waals surface area contributed by atoms with E-state index in [4.69, 9.17) is 0 Å². The van der Waals surface area contributed by atoms with Crippen molar-refractivity contribution in [2.45, 2.75) is 12.5 Å². The number of thiophene rings is 1. The average molecular weight is 224 g/mol. The van der Waals surface area contributed by atoms with E-state index in [1.165, 1.54) is 9.75 Å². The molecule has 0 aliphatic carbocycles. The molecule has 2 aromatic rings. The van der Waals surface area contributed by atoms with Gasteiger partial charge in [-0.1, -0.05) is 6.07 Å². The highest BCUT2D eigenvalue weighted by atomic mass is 32.1. The molecular formula is C10H12N2S2. The van der Waals surface area contributed by atoms with Crippen molar-refractivity contribution in [3.8, 4) is 0 Å². The smallest absolute Gasteiger partial charge is 0.0794 e. The Morgan fingerprint density at radius 1 is 1.50 bits per heavy atom. The molecule has 0 amide bonds. The summed E-state index contributed by atoms with van der Waals surface area (Å²) in [6.45, 7) is 0. The Kier molecular flexibility index (Phi) is 3.29. The van der Waals surface area contributed by atoms with Crippen LogP contribution in [0.2, 0.25) is 0 Å². The SMILES string of the molecule is CNC(Cc1cncs1)c1cccs1. The molecule has 2 nitrogen and oxygen atoms in total. The summed E-state index contributed by atoms with van der Waals surface area (Å²) < 4.78 is 0. The van der Waals surface area contributed by atoms with Gasteiger partial charge in [-0.15, -0.1) is 22.7 Å². The molecule has 0 spiro atoms. The molecule has 2 rings (SSSR count). The minimum Gasteiger partial charge on any atom is -0.312 e. The topological polar surface area (TPSA) is 24.9 Å². The van der Waals surface area contributed by atoms with Crippen LogP contribution in [-0.2, 0) is 6.42 Å². The van der Waals surface area contributed by atoms with Crippen LogP contribution in [0.3, 0.4) is 0 Å². The lowest BCUT2D eigenvalue weighted by atomic mass is 10.1. The van der Waals surface area contributed by atoms with Gasteiger partial charge in [-0.2, -0.15) is 0 Å². The molecule has 0 radical (unpaired) electrons. The molecule has 0 saturated carbocycles. The Morgan fingerprint density at radius 2 is 2.43 bits per heavy atom. The van der Waals surface area contributed by atoms with E-state index in [1.807, 2.05) is 18.8 Å². The van der Waals surface area contributed by atoms with E-state index in [1.54, 1.807) is 22.7 Å². The number of likely N-dealkylation sites (N-methyl/N-ethyl adjacent to an activating group) is 1. The molecule has 1 N–H and O–H groups in total. The number of aromatic nitrogens is 1. The minimum absolute atomic E-state index is 0.426. The maximum atomic E-state index is 4.08. The molecule has 2 aromatic heterocycles. The molecule has 2 heterocycles. The normalized spacial score (nSPS) is 12.9. The van der Waals surface area contributed by atoms with Crippen LogP contribution >= 0.6 is 22.7 Å². The molecule has 0 aromatic carbocycles. The lowest BCUT2D eigenvalue weighted by Crippen LogP contribution is -2.17. The van der Waals surface area contributed by atoms with Crippen LogP contribution in [0.15, 0.2) is 29.2 Å². The molecule has 0 aliphatic rings. The molecule has 0 fully saturated rings. The van der Waals surface area contributed by atoms with E-state index in [0.717, 1.165) is 6.42 Å². The van der Waals surface area contributed by atoms with E-state index < -0.39 is 0 Å². The molecule has 74 valence electrons. The summed E-state index contributed by atoms with van der Waals surface area (Å²) in [5.41, 5.74) is 1.89. The van der Waals surface area contributed by atoms with Crippen LogP contribution in [0.1, 0.15) is 15.8 Å². The minimum atomic E-state index is 0.426. The number of thiazole rings is 1. The van der Waals surface area contributed by atoms with Gasteiger partial charge >= 0.3 is 0 Å². The van der Waals surface area contributed by atoms with Crippen LogP contribution in [0.5, 0.6) is 0 Å². The fourth-order valence-corrected chi connectivity index (χ4v) is 2.86. The summed E-state index contributed by atoms with van der Waals surface area (Å²) in [6, 6.07) is 4.69. The van der Waals surface area contributed by atoms with E-state index in [-0.39, 0.29) is 0 Å². The summed E-state index contributed by atoms with van der Waals surface area (Å²) in [5.74, 6) is 0. The highest BCUT2D eigenvalue weighted by Crippen LogP contribution is 2.23. The van der Waals surface area contributed by atoms with Crippen molar-refractivity contribution in [3.05, 3.63) is 39.0 Å². The van der Waals surface area contributed by atoms with Gasteiger partial charge in [0.1, 0.15) is 0 Å². The van der Waals surface area contributed by atoms with Gasteiger partial charge in [0.2, 0.25) is 0 Å². The van der Waals surface area contributed by atoms with Gasteiger partial charge in [0.15, 0.2) is 0 Å². The zero-order chi connectivity index (χ0) is 9.80. The Morgan fingerprint density at radius 3 is 3.00 bits per heavy atom. The molecule has 0 saturated heterocycles. The summed E-state index contributed by atoms with van der Waals surface area (Å²) >= 11 is 3.52. The first kappa shape index (κ1) is 9.83. The second kappa shape index (κ2) is 4.68. The van der Waals surface area contributed by atoms with E-state index in [9.17, 15) is 0 Å². The molecule has 1 unspecified atom stereocenters. The monoisotopic (exact) mass is 224 g/mol. The molecular weight excluding hydrogens is 212 g/mol. The molecule has 0 aliphatic heterocycles. The molecule has 14 heavy (non-hydrogen) atoms. The standard InChI is InChI=1S/C10H12N2S2/c1-11-9(10-3-2-4-13-10)5-8-6-12-7-14-8/h2-4,6-7,9,11H,5H2,1H3. The average Bonchev–Trinajstić information content (AvgIpc) is 2.86. The third-order valence-electron chi connectivity index (χ3n) is 2.12. The summed E-state index contributed by atoms with van der Waals surface area (Å²) in [7, 11) is 2.01. The maximum Gasteiger partial charge on any atom is 0.0794 e. The van der Waals surface area contributed by atoms with Crippen molar-refractivity contribution in [1.82, 2.24) is 10.3 Å². The van der Waals surface area contributed by atoms with E-state index >= 15 is 0 Å². The Bertz CT molecular complexity index is 353. The predicted octanol–water partition coefficient (Wildman–Crippen LogP) is 2.71. The van der Waals surface area contributed by atoms with Gasteiger partial charge in [0.25, 0.3) is 0 Å². The summed E-state index contributed by atoms with van der Waals surface area (Å²) in [6.07, 6.45) is 2.98. The van der Waals surface area contributed by atoms with Crippen LogP contribution in [0.4, 0.5) is 0 Å². The zero-order valence-electron chi connectivity index (χ0n) is 7.93. The number of nitrogens with one attached hydrogen (secondary N) is 1. The second-order valence-electron chi connectivity index (χ2n) is 3.03. The van der Waals surface area contributed by atoms with Crippen molar-refractivity contribution in [1.29, 1.82) is 0 Å². The Hall–Kier alpha value is -0.710. The van der Waals surface area contributed by atoms with E-state index in [2.05, 4.69) is 27.8 Å². The third kappa shape index (κ3) is 2.20. The van der Waals surface area contributed by atoms with Gasteiger partial charge in [0.05, 0.1) is 5.51 Å². The largest absolute Gasteiger partial charge is 0.312 e. The first-order chi connectivity index (χ1) is 6.90. The second-order valence-corrected chi connectivity index (χ2v) is 4.98. The van der Waals surface area contributed by atoms with Crippen molar-refractivity contribution in [2.24, 2.45) is 0 Å². The predicted molar refractivity (Wildman–Crippen MR) is 61.9 cm³/mol. The first-order valence-electron chi connectivity index (χ1n) is 4.48. The van der Waals surface area contributed by atoms with Crippen molar-refractivity contribution in [2.75, 3.05) is 7.05 Å². The Labute approximate surface area is 91.6 Å². The number of nitrogens with zero attached hydrogens (tertiary/aromatic N) is 1. The molecule has 0 bridgehead atoms. The Balaban J connectivity index is 2.08. The highest BCUT2D eigenvalue weighted by Gasteiger charge is 2.11. The van der Waals surface area contributed by atoms with Crippen molar-refractivity contribution < 1.29 is 0 Å². The third-order valence-corrected chi connectivity index (χ3v) is 3.91. The summed E-state index contributed by atoms with van der Waals surface area (Å²) in [5, 5.41) is 5.45. The molecule has 1 atom stereocenters. The van der Waals surface area contributed by atoms with Crippen LogP contribution in [0, 0.1) is 0 Å². The van der Waals surface area contributed by atoms with Gasteiger partial charge in [-0.05, 0) is 18.5 Å².